The highest BCUT2D eigenvalue weighted by Crippen LogP contribution is 2.20. The molecule has 0 nitrogen and oxygen atoms in total. The fourth-order valence-corrected chi connectivity index (χ4v) is 1.19. The first-order chi connectivity index (χ1) is 6.07. The second kappa shape index (κ2) is 6.71. The maximum atomic E-state index is 4.10. The predicted octanol–water partition coefficient (Wildman–Crippen LogP) is 4.50. The summed E-state index contributed by atoms with van der Waals surface area (Å²) in [4.78, 5) is 0. The molecule has 13 heavy (non-hydrogen) atoms. The van der Waals surface area contributed by atoms with Crippen molar-refractivity contribution in [2.75, 3.05) is 0 Å². The Morgan fingerprint density at radius 3 is 2.38 bits per heavy atom. The van der Waals surface area contributed by atoms with Crippen molar-refractivity contribution in [1.29, 1.82) is 0 Å². The highest BCUT2D eigenvalue weighted by molar-refractivity contribution is 5.03. The van der Waals surface area contributed by atoms with Crippen molar-refractivity contribution < 1.29 is 0 Å². The van der Waals surface area contributed by atoms with Crippen LogP contribution in [0.5, 0.6) is 0 Å². The molecule has 0 heteroatoms. The minimum Gasteiger partial charge on any atom is -0.103 e. The summed E-state index contributed by atoms with van der Waals surface area (Å²) in [5.41, 5.74) is 2.60. The minimum atomic E-state index is 0.623. The Hall–Kier alpha value is -0.780. The molecule has 0 N–H and O–H groups in total. The first kappa shape index (κ1) is 12.2. The van der Waals surface area contributed by atoms with Gasteiger partial charge in [0.1, 0.15) is 0 Å². The second-order valence-corrected chi connectivity index (χ2v) is 3.88. The fraction of sp³-hybridized carbons (Fsp3) is 0.538. The van der Waals surface area contributed by atoms with Crippen LogP contribution in [0.1, 0.15) is 39.5 Å². The predicted molar refractivity (Wildman–Crippen MR) is 61.8 cm³/mol. The Kier molecular flexibility index (Phi) is 6.30. The Labute approximate surface area is 83.0 Å². The molecular weight excluding hydrogens is 156 g/mol. The lowest BCUT2D eigenvalue weighted by atomic mass is 9.93. The van der Waals surface area contributed by atoms with Gasteiger partial charge in [0.05, 0.1) is 0 Å². The molecule has 0 heterocycles. The lowest BCUT2D eigenvalue weighted by Gasteiger charge is -2.13. The Morgan fingerprint density at radius 1 is 1.31 bits per heavy atom. The van der Waals surface area contributed by atoms with Gasteiger partial charge in [0.2, 0.25) is 0 Å². The van der Waals surface area contributed by atoms with Gasteiger partial charge in [-0.25, -0.2) is 0 Å². The molecule has 0 aliphatic heterocycles. The maximum absolute atomic E-state index is 4.10. The molecule has 0 aromatic carbocycles. The van der Waals surface area contributed by atoms with Gasteiger partial charge in [0, 0.05) is 0 Å². The summed E-state index contributed by atoms with van der Waals surface area (Å²) in [5.74, 6) is 0.623. The molecular formula is C13H22. The first-order valence-corrected chi connectivity index (χ1v) is 5.00. The number of rotatable bonds is 7. The number of hydrogen-bond donors (Lipinski definition) is 0. The molecule has 0 aromatic heterocycles. The van der Waals surface area contributed by atoms with Crippen LogP contribution >= 0.6 is 0 Å². The average molecular weight is 178 g/mol. The van der Waals surface area contributed by atoms with E-state index < -0.39 is 0 Å². The molecule has 0 bridgehead atoms. The van der Waals surface area contributed by atoms with E-state index >= 15 is 0 Å². The van der Waals surface area contributed by atoms with Gasteiger partial charge >= 0.3 is 0 Å². The lowest BCUT2D eigenvalue weighted by Crippen LogP contribution is -1.98. The highest BCUT2D eigenvalue weighted by Gasteiger charge is 2.04. The zero-order chi connectivity index (χ0) is 10.3. The molecule has 0 spiro atoms. The number of hydrogen-bond acceptors (Lipinski definition) is 0. The van der Waals surface area contributed by atoms with Crippen LogP contribution in [0.4, 0.5) is 0 Å². The molecule has 0 saturated carbocycles. The third kappa shape index (κ3) is 6.39. The smallest absolute Gasteiger partial charge is 0.0231 e. The summed E-state index contributed by atoms with van der Waals surface area (Å²) >= 11 is 0. The molecule has 1 atom stereocenters. The molecule has 74 valence electrons. The molecule has 0 aromatic rings. The SMILES string of the molecule is C=CCCC(C)C(=C)CCC(=C)C. The van der Waals surface area contributed by atoms with E-state index in [1.54, 1.807) is 0 Å². The molecule has 1 unspecified atom stereocenters. The van der Waals surface area contributed by atoms with Gasteiger partial charge in [-0.15, -0.1) is 13.2 Å². The highest BCUT2D eigenvalue weighted by atomic mass is 14.1. The summed E-state index contributed by atoms with van der Waals surface area (Å²) < 4.78 is 0. The van der Waals surface area contributed by atoms with Crippen LogP contribution in [0, 0.1) is 5.92 Å². The minimum absolute atomic E-state index is 0.623. The average Bonchev–Trinajstić information content (AvgIpc) is 2.10. The van der Waals surface area contributed by atoms with Gasteiger partial charge < -0.3 is 0 Å². The third-order valence-corrected chi connectivity index (χ3v) is 2.37. The molecule has 0 saturated heterocycles. The van der Waals surface area contributed by atoms with Crippen LogP contribution in [0.25, 0.3) is 0 Å². The Morgan fingerprint density at radius 2 is 1.92 bits per heavy atom. The van der Waals surface area contributed by atoms with Gasteiger partial charge in [0.15, 0.2) is 0 Å². The standard InChI is InChI=1S/C13H22/c1-6-7-8-12(4)13(5)10-9-11(2)3/h6,12H,1-2,5,7-10H2,3-4H3. The van der Waals surface area contributed by atoms with Crippen molar-refractivity contribution in [2.45, 2.75) is 39.5 Å². The summed E-state index contributed by atoms with van der Waals surface area (Å²) in [6.07, 6.45) is 6.42. The van der Waals surface area contributed by atoms with E-state index in [2.05, 4.69) is 33.6 Å². The molecule has 0 aliphatic carbocycles. The van der Waals surface area contributed by atoms with Crippen LogP contribution in [0.2, 0.25) is 0 Å². The van der Waals surface area contributed by atoms with Crippen molar-refractivity contribution in [3.8, 4) is 0 Å². The van der Waals surface area contributed by atoms with Crippen LogP contribution in [0.3, 0.4) is 0 Å². The van der Waals surface area contributed by atoms with Crippen molar-refractivity contribution >= 4 is 0 Å². The topological polar surface area (TPSA) is 0 Å². The van der Waals surface area contributed by atoms with Crippen LogP contribution in [0.15, 0.2) is 37.0 Å². The normalized spacial score (nSPS) is 12.2. The van der Waals surface area contributed by atoms with Gasteiger partial charge in [0.25, 0.3) is 0 Å². The summed E-state index contributed by atoms with van der Waals surface area (Å²) in [7, 11) is 0. The van der Waals surface area contributed by atoms with Crippen molar-refractivity contribution in [3.05, 3.63) is 37.0 Å². The van der Waals surface area contributed by atoms with E-state index in [0.717, 1.165) is 19.3 Å². The third-order valence-electron chi connectivity index (χ3n) is 2.37. The number of allylic oxidation sites excluding steroid dienone is 3. The Bertz CT molecular complexity index is 186. The fourth-order valence-electron chi connectivity index (χ4n) is 1.19. The van der Waals surface area contributed by atoms with Gasteiger partial charge in [-0.05, 0) is 38.5 Å². The van der Waals surface area contributed by atoms with E-state index in [9.17, 15) is 0 Å². The van der Waals surface area contributed by atoms with Gasteiger partial charge in [-0.2, -0.15) is 0 Å². The zero-order valence-electron chi connectivity index (χ0n) is 9.10. The molecule has 0 fully saturated rings. The van der Waals surface area contributed by atoms with E-state index in [0.29, 0.717) is 5.92 Å². The van der Waals surface area contributed by atoms with E-state index in [-0.39, 0.29) is 0 Å². The second-order valence-electron chi connectivity index (χ2n) is 3.88. The van der Waals surface area contributed by atoms with E-state index in [1.165, 1.54) is 17.6 Å². The molecule has 0 rings (SSSR count). The van der Waals surface area contributed by atoms with Crippen molar-refractivity contribution in [3.63, 3.8) is 0 Å². The lowest BCUT2D eigenvalue weighted by molar-refractivity contribution is 0.597. The largest absolute Gasteiger partial charge is 0.103 e. The first-order valence-electron chi connectivity index (χ1n) is 5.00. The zero-order valence-corrected chi connectivity index (χ0v) is 9.10. The maximum Gasteiger partial charge on any atom is -0.0231 e. The summed E-state index contributed by atoms with van der Waals surface area (Å²) in [5, 5.41) is 0. The van der Waals surface area contributed by atoms with Crippen LogP contribution in [-0.2, 0) is 0 Å². The van der Waals surface area contributed by atoms with Crippen molar-refractivity contribution in [1.82, 2.24) is 0 Å². The van der Waals surface area contributed by atoms with E-state index in [4.69, 9.17) is 0 Å². The molecule has 0 amide bonds. The van der Waals surface area contributed by atoms with Gasteiger partial charge in [-0.3, -0.25) is 0 Å². The van der Waals surface area contributed by atoms with Crippen molar-refractivity contribution in [2.24, 2.45) is 5.92 Å². The van der Waals surface area contributed by atoms with Crippen LogP contribution in [-0.4, -0.2) is 0 Å². The van der Waals surface area contributed by atoms with E-state index in [1.807, 2.05) is 6.08 Å². The van der Waals surface area contributed by atoms with Crippen LogP contribution < -0.4 is 0 Å². The monoisotopic (exact) mass is 178 g/mol. The molecule has 0 radical (unpaired) electrons. The summed E-state index contributed by atoms with van der Waals surface area (Å²) in [6.45, 7) is 16.0. The van der Waals surface area contributed by atoms with Gasteiger partial charge in [-0.1, -0.05) is 30.7 Å². The summed E-state index contributed by atoms with van der Waals surface area (Å²) in [6, 6.07) is 0. The quantitative estimate of drug-likeness (QED) is 0.503. The Balaban J connectivity index is 3.68. The molecule has 0 aliphatic rings.